The third kappa shape index (κ3) is 3.33. The van der Waals surface area contributed by atoms with Crippen molar-refractivity contribution in [3.8, 4) is 12.3 Å². The Morgan fingerprint density at radius 1 is 1.69 bits per heavy atom. The molecule has 0 aliphatic rings. The van der Waals surface area contributed by atoms with Gasteiger partial charge in [-0.25, -0.2) is 4.79 Å². The van der Waals surface area contributed by atoms with Crippen LogP contribution in [0.3, 0.4) is 0 Å². The van der Waals surface area contributed by atoms with Gasteiger partial charge in [0.15, 0.2) is 5.88 Å². The molecule has 0 atom stereocenters. The van der Waals surface area contributed by atoms with Crippen LogP contribution in [0.5, 0.6) is 0 Å². The van der Waals surface area contributed by atoms with E-state index in [0.717, 1.165) is 0 Å². The molecular formula is C11H13NO4. The second-order valence-electron chi connectivity index (χ2n) is 3.12. The molecule has 0 fully saturated rings. The lowest BCUT2D eigenvalue weighted by atomic mass is 10.4. The Labute approximate surface area is 93.6 Å². The minimum absolute atomic E-state index is 0.0774. The van der Waals surface area contributed by atoms with Crippen LogP contribution in [0.15, 0.2) is 16.5 Å². The van der Waals surface area contributed by atoms with E-state index in [2.05, 4.69) is 5.92 Å². The monoisotopic (exact) mass is 223 g/mol. The number of terminal acetylenes is 1. The lowest BCUT2D eigenvalue weighted by Crippen LogP contribution is -2.22. The molecule has 1 aromatic rings. The summed E-state index contributed by atoms with van der Waals surface area (Å²) in [4.78, 5) is 12.3. The fraction of sp³-hybridized carbons (Fsp3) is 0.364. The van der Waals surface area contributed by atoms with Crippen LogP contribution in [0.2, 0.25) is 0 Å². The number of hydrogen-bond donors (Lipinski definition) is 1. The van der Waals surface area contributed by atoms with E-state index in [1.807, 2.05) is 0 Å². The van der Waals surface area contributed by atoms with Crippen LogP contribution in [0, 0.1) is 12.3 Å². The molecule has 1 N–H and O–H groups in total. The van der Waals surface area contributed by atoms with E-state index >= 15 is 0 Å². The molecule has 5 nitrogen and oxygen atoms in total. The fourth-order valence-electron chi connectivity index (χ4n) is 1.09. The quantitative estimate of drug-likeness (QED) is 0.577. The maximum Gasteiger partial charge on any atom is 0.371 e. The second-order valence-corrected chi connectivity index (χ2v) is 3.12. The molecular weight excluding hydrogens is 210 g/mol. The first-order valence-electron chi connectivity index (χ1n) is 4.70. The number of ether oxygens (including phenoxy) is 1. The lowest BCUT2D eigenvalue weighted by Gasteiger charge is -2.14. The van der Waals surface area contributed by atoms with Crippen molar-refractivity contribution in [3.05, 3.63) is 17.9 Å². The Morgan fingerprint density at radius 3 is 3.00 bits per heavy atom. The van der Waals surface area contributed by atoms with E-state index in [-0.39, 0.29) is 12.4 Å². The van der Waals surface area contributed by atoms with Crippen molar-refractivity contribution < 1.29 is 19.1 Å². The number of furan rings is 1. The Morgan fingerprint density at radius 2 is 2.44 bits per heavy atom. The average Bonchev–Trinajstić information content (AvgIpc) is 2.73. The van der Waals surface area contributed by atoms with Crippen molar-refractivity contribution in [2.24, 2.45) is 0 Å². The van der Waals surface area contributed by atoms with Crippen LogP contribution in [-0.2, 0) is 4.74 Å². The molecule has 86 valence electrons. The summed E-state index contributed by atoms with van der Waals surface area (Å²) in [5.41, 5.74) is 0. The summed E-state index contributed by atoms with van der Waals surface area (Å²) in [6.07, 6.45) is 5.02. The third-order valence-electron chi connectivity index (χ3n) is 1.94. The van der Waals surface area contributed by atoms with Gasteiger partial charge in [-0.05, 0) is 6.07 Å². The molecule has 1 rings (SSSR count). The van der Waals surface area contributed by atoms with Crippen LogP contribution in [0.1, 0.15) is 10.6 Å². The maximum absolute atomic E-state index is 10.6. The van der Waals surface area contributed by atoms with Crippen molar-refractivity contribution in [3.63, 3.8) is 0 Å². The minimum atomic E-state index is -1.08. The van der Waals surface area contributed by atoms with E-state index in [1.54, 1.807) is 18.0 Å². The molecule has 0 spiro atoms. The van der Waals surface area contributed by atoms with Gasteiger partial charge in [-0.2, -0.15) is 0 Å². The maximum atomic E-state index is 10.6. The minimum Gasteiger partial charge on any atom is -0.475 e. The molecule has 0 radical (unpaired) electrons. The molecule has 0 aliphatic heterocycles. The predicted octanol–water partition coefficient (Wildman–Crippen LogP) is 1.06. The molecule has 0 amide bonds. The molecule has 16 heavy (non-hydrogen) atoms. The number of likely N-dealkylation sites (N-methyl/N-ethyl adjacent to an activating group) is 1. The van der Waals surface area contributed by atoms with E-state index in [0.29, 0.717) is 19.0 Å². The van der Waals surface area contributed by atoms with Crippen LogP contribution in [0.4, 0.5) is 5.88 Å². The number of rotatable bonds is 6. The van der Waals surface area contributed by atoms with Gasteiger partial charge in [0.2, 0.25) is 5.76 Å². The van der Waals surface area contributed by atoms with Crippen molar-refractivity contribution in [2.45, 2.75) is 0 Å². The summed E-state index contributed by atoms with van der Waals surface area (Å²) >= 11 is 0. The zero-order valence-electron chi connectivity index (χ0n) is 8.97. The summed E-state index contributed by atoms with van der Waals surface area (Å²) in [7, 11) is 1.78. The zero-order chi connectivity index (χ0) is 12.0. The Kier molecular flexibility index (Phi) is 4.42. The van der Waals surface area contributed by atoms with Crippen molar-refractivity contribution in [1.82, 2.24) is 0 Å². The molecule has 0 saturated carbocycles. The number of carboxylic acids is 1. The molecule has 0 bridgehead atoms. The van der Waals surface area contributed by atoms with Crippen LogP contribution in [0.25, 0.3) is 0 Å². The molecule has 1 heterocycles. The van der Waals surface area contributed by atoms with Crippen LogP contribution < -0.4 is 4.90 Å². The summed E-state index contributed by atoms with van der Waals surface area (Å²) in [6.45, 7) is 1.31. The number of nitrogens with zero attached hydrogens (tertiary/aromatic N) is 1. The molecule has 0 saturated heterocycles. The Hall–Kier alpha value is -1.93. The molecule has 1 aromatic heterocycles. The number of hydrogen-bond acceptors (Lipinski definition) is 4. The SMILES string of the molecule is C#CCOCCN(C)c1ccc(C(=O)O)o1. The van der Waals surface area contributed by atoms with Gasteiger partial charge in [0.05, 0.1) is 6.61 Å². The van der Waals surface area contributed by atoms with E-state index < -0.39 is 5.97 Å². The summed E-state index contributed by atoms with van der Waals surface area (Å²) in [5, 5.41) is 8.67. The first-order valence-corrected chi connectivity index (χ1v) is 4.70. The van der Waals surface area contributed by atoms with Gasteiger partial charge in [-0.3, -0.25) is 0 Å². The average molecular weight is 223 g/mol. The topological polar surface area (TPSA) is 62.9 Å². The van der Waals surface area contributed by atoms with Crippen molar-refractivity contribution >= 4 is 11.9 Å². The highest BCUT2D eigenvalue weighted by molar-refractivity contribution is 5.84. The molecule has 5 heteroatoms. The van der Waals surface area contributed by atoms with Gasteiger partial charge < -0.3 is 19.2 Å². The third-order valence-corrected chi connectivity index (χ3v) is 1.94. The highest BCUT2D eigenvalue weighted by atomic mass is 16.5. The number of anilines is 1. The highest BCUT2D eigenvalue weighted by Gasteiger charge is 2.11. The summed E-state index contributed by atoms with van der Waals surface area (Å²) < 4.78 is 10.2. The van der Waals surface area contributed by atoms with E-state index in [4.69, 9.17) is 20.7 Å². The molecule has 0 aromatic carbocycles. The van der Waals surface area contributed by atoms with E-state index in [9.17, 15) is 4.79 Å². The van der Waals surface area contributed by atoms with Crippen LogP contribution >= 0.6 is 0 Å². The highest BCUT2D eigenvalue weighted by Crippen LogP contribution is 2.16. The number of aromatic carboxylic acids is 1. The van der Waals surface area contributed by atoms with Gasteiger partial charge >= 0.3 is 5.97 Å². The summed E-state index contributed by atoms with van der Waals surface area (Å²) in [6, 6.07) is 3.01. The van der Waals surface area contributed by atoms with Gasteiger partial charge in [0, 0.05) is 19.7 Å². The van der Waals surface area contributed by atoms with Gasteiger partial charge in [0.1, 0.15) is 6.61 Å². The molecule has 0 aliphatic carbocycles. The van der Waals surface area contributed by atoms with Crippen molar-refractivity contribution in [2.75, 3.05) is 31.7 Å². The Balaban J connectivity index is 2.43. The second kappa shape index (κ2) is 5.83. The van der Waals surface area contributed by atoms with Gasteiger partial charge in [-0.1, -0.05) is 5.92 Å². The normalized spacial score (nSPS) is 9.75. The first-order chi connectivity index (χ1) is 7.65. The lowest BCUT2D eigenvalue weighted by molar-refractivity contribution is 0.0663. The largest absolute Gasteiger partial charge is 0.475 e. The van der Waals surface area contributed by atoms with Gasteiger partial charge in [0.25, 0.3) is 0 Å². The Bertz CT molecular complexity index is 391. The predicted molar refractivity (Wildman–Crippen MR) is 58.6 cm³/mol. The fourth-order valence-corrected chi connectivity index (χ4v) is 1.09. The van der Waals surface area contributed by atoms with Gasteiger partial charge in [-0.15, -0.1) is 6.42 Å². The smallest absolute Gasteiger partial charge is 0.371 e. The standard InChI is InChI=1S/C11H13NO4/c1-3-7-15-8-6-12(2)10-5-4-9(16-10)11(13)14/h1,4-5H,6-8H2,2H3,(H,13,14). The zero-order valence-corrected chi connectivity index (χ0v) is 8.97. The van der Waals surface area contributed by atoms with E-state index in [1.165, 1.54) is 6.07 Å². The number of carbonyl (C=O) groups is 1. The van der Waals surface area contributed by atoms with Crippen molar-refractivity contribution in [1.29, 1.82) is 0 Å². The van der Waals surface area contributed by atoms with Crippen LogP contribution in [-0.4, -0.2) is 37.9 Å². The number of carboxylic acid groups (broad SMARTS) is 1. The summed E-state index contributed by atoms with van der Waals surface area (Å²) in [5.74, 6) is 1.69. The molecule has 0 unspecified atom stereocenters. The first kappa shape index (κ1) is 12.1.